The summed E-state index contributed by atoms with van der Waals surface area (Å²) in [5.74, 6) is 1.37. The van der Waals surface area contributed by atoms with Crippen molar-refractivity contribution in [3.63, 3.8) is 0 Å². The topological polar surface area (TPSA) is 34.0 Å². The molecule has 0 spiro atoms. The zero-order valence-electron chi connectivity index (χ0n) is 21.1. The number of nitrogens with zero attached hydrogens (tertiary/aromatic N) is 2. The number of rotatable bonds is 15. The fourth-order valence-electron chi connectivity index (χ4n) is 3.86. The van der Waals surface area contributed by atoms with Crippen molar-refractivity contribution in [3.05, 3.63) is 53.1 Å². The van der Waals surface area contributed by atoms with Crippen LogP contribution in [-0.4, -0.2) is 6.61 Å². The zero-order valence-corrected chi connectivity index (χ0v) is 21.1. The molecule has 0 aliphatic rings. The molecule has 0 radical (unpaired) electrons. The first-order valence-corrected chi connectivity index (χ1v) is 12.8. The molecule has 0 saturated carbocycles. The smallest absolute Gasteiger partial charge is 0.122 e. The largest absolute Gasteiger partial charge is 0.493 e. The van der Waals surface area contributed by atoms with Crippen LogP contribution in [0.1, 0.15) is 108 Å². The second-order valence-corrected chi connectivity index (χ2v) is 9.38. The molecule has 2 aromatic carbocycles. The van der Waals surface area contributed by atoms with Crippen LogP contribution in [0.15, 0.2) is 46.6 Å². The third kappa shape index (κ3) is 9.54. The number of hydrogen-bond donors (Lipinski definition) is 0. The summed E-state index contributed by atoms with van der Waals surface area (Å²) in [6.07, 6.45) is 13.4. The van der Waals surface area contributed by atoms with Gasteiger partial charge >= 0.3 is 0 Å². The van der Waals surface area contributed by atoms with E-state index in [1.54, 1.807) is 0 Å². The number of aryl methyl sites for hydroxylation is 2. The van der Waals surface area contributed by atoms with Crippen molar-refractivity contribution in [2.45, 2.75) is 105 Å². The molecule has 176 valence electrons. The summed E-state index contributed by atoms with van der Waals surface area (Å²) in [5.41, 5.74) is 5.47. The van der Waals surface area contributed by atoms with Crippen molar-refractivity contribution in [2.24, 2.45) is 10.2 Å². The lowest BCUT2D eigenvalue weighted by atomic mass is 10.0. The van der Waals surface area contributed by atoms with Crippen molar-refractivity contribution in [1.82, 2.24) is 0 Å². The van der Waals surface area contributed by atoms with Gasteiger partial charge in [-0.05, 0) is 73.2 Å². The normalized spacial score (nSPS) is 11.6. The van der Waals surface area contributed by atoms with Gasteiger partial charge in [0.05, 0.1) is 18.0 Å². The second kappa shape index (κ2) is 14.8. The molecule has 0 aromatic heterocycles. The van der Waals surface area contributed by atoms with Crippen LogP contribution in [0, 0.1) is 13.8 Å². The van der Waals surface area contributed by atoms with E-state index in [1.807, 2.05) is 12.1 Å². The maximum absolute atomic E-state index is 6.14. The van der Waals surface area contributed by atoms with E-state index in [9.17, 15) is 0 Å². The summed E-state index contributed by atoms with van der Waals surface area (Å²) in [4.78, 5) is 0. The van der Waals surface area contributed by atoms with Gasteiger partial charge in [0, 0.05) is 0 Å². The number of hydrogen-bond acceptors (Lipinski definition) is 3. The average Bonchev–Trinajstić information content (AvgIpc) is 2.78. The van der Waals surface area contributed by atoms with Gasteiger partial charge in [0.2, 0.25) is 0 Å². The Morgan fingerprint density at radius 2 is 1.25 bits per heavy atom. The van der Waals surface area contributed by atoms with Gasteiger partial charge in [-0.2, -0.15) is 10.2 Å². The minimum atomic E-state index is 0.384. The molecular weight excluding hydrogens is 392 g/mol. The molecule has 0 aliphatic carbocycles. The second-order valence-electron chi connectivity index (χ2n) is 9.38. The molecule has 0 atom stereocenters. The lowest BCUT2D eigenvalue weighted by Crippen LogP contribution is -2.01. The fraction of sp³-hybridized carbons (Fsp3) is 0.586. The quantitative estimate of drug-likeness (QED) is 0.202. The highest BCUT2D eigenvalue weighted by Crippen LogP contribution is 2.31. The van der Waals surface area contributed by atoms with Crippen LogP contribution in [0.25, 0.3) is 0 Å². The molecule has 0 bridgehead atoms. The first-order valence-electron chi connectivity index (χ1n) is 12.8. The third-order valence-corrected chi connectivity index (χ3v) is 6.14. The molecule has 0 amide bonds. The van der Waals surface area contributed by atoms with Crippen LogP contribution in [0.2, 0.25) is 0 Å². The molecule has 32 heavy (non-hydrogen) atoms. The van der Waals surface area contributed by atoms with Crippen LogP contribution < -0.4 is 4.74 Å². The van der Waals surface area contributed by atoms with Crippen molar-refractivity contribution in [1.29, 1.82) is 0 Å². The van der Waals surface area contributed by atoms with Crippen molar-refractivity contribution < 1.29 is 4.74 Å². The molecule has 0 saturated heterocycles. The van der Waals surface area contributed by atoms with E-state index in [4.69, 9.17) is 4.74 Å². The lowest BCUT2D eigenvalue weighted by Gasteiger charge is -2.14. The predicted octanol–water partition coefficient (Wildman–Crippen LogP) is 10.1. The van der Waals surface area contributed by atoms with Crippen LogP contribution in [-0.2, 0) is 0 Å². The van der Waals surface area contributed by atoms with Crippen molar-refractivity contribution >= 4 is 11.4 Å². The molecule has 3 nitrogen and oxygen atoms in total. The first kappa shape index (κ1) is 26.1. The summed E-state index contributed by atoms with van der Waals surface area (Å²) >= 11 is 0. The van der Waals surface area contributed by atoms with Crippen LogP contribution in [0.4, 0.5) is 11.4 Å². The molecule has 0 N–H and O–H groups in total. The first-order chi connectivity index (χ1) is 15.5. The number of unbranched alkanes of at least 4 members (excludes halogenated alkanes) is 9. The molecule has 0 unspecified atom stereocenters. The predicted molar refractivity (Wildman–Crippen MR) is 138 cm³/mol. The molecule has 0 heterocycles. The Morgan fingerprint density at radius 1 is 0.688 bits per heavy atom. The van der Waals surface area contributed by atoms with Gasteiger partial charge in [0.25, 0.3) is 0 Å². The summed E-state index contributed by atoms with van der Waals surface area (Å²) in [7, 11) is 0. The van der Waals surface area contributed by atoms with Gasteiger partial charge < -0.3 is 4.74 Å². The third-order valence-electron chi connectivity index (χ3n) is 6.14. The average molecular weight is 437 g/mol. The number of benzene rings is 2. The van der Waals surface area contributed by atoms with Gasteiger partial charge in [-0.15, -0.1) is 0 Å². The van der Waals surface area contributed by atoms with Crippen LogP contribution >= 0.6 is 0 Å². The summed E-state index contributed by atoms with van der Waals surface area (Å²) in [6, 6.07) is 12.4. The van der Waals surface area contributed by atoms with E-state index >= 15 is 0 Å². The van der Waals surface area contributed by atoms with E-state index in [0.29, 0.717) is 5.92 Å². The Balaban J connectivity index is 1.77. The van der Waals surface area contributed by atoms with Gasteiger partial charge in [-0.1, -0.05) is 84.6 Å². The monoisotopic (exact) mass is 436 g/mol. The Labute approximate surface area is 196 Å². The molecule has 2 rings (SSSR count). The Hall–Kier alpha value is -2.16. The lowest BCUT2D eigenvalue weighted by molar-refractivity contribution is 0.300. The van der Waals surface area contributed by atoms with Crippen LogP contribution in [0.5, 0.6) is 5.75 Å². The standard InChI is InChI=1S/C29H44N2O/c1-6-7-8-9-10-11-12-13-14-15-20-32-29-19-18-27(22-28(29)23(2)3)31-30-26-17-16-24(4)25(5)21-26/h16-19,21-23H,6-15,20H2,1-5H3. The van der Waals surface area contributed by atoms with Gasteiger partial charge in [0.1, 0.15) is 5.75 Å². The minimum Gasteiger partial charge on any atom is -0.493 e. The summed E-state index contributed by atoms with van der Waals surface area (Å²) < 4.78 is 6.14. The molecule has 3 heteroatoms. The highest BCUT2D eigenvalue weighted by Gasteiger charge is 2.09. The minimum absolute atomic E-state index is 0.384. The van der Waals surface area contributed by atoms with E-state index in [2.05, 4.69) is 69.1 Å². The van der Waals surface area contributed by atoms with Gasteiger partial charge in [0.15, 0.2) is 0 Å². The highest BCUT2D eigenvalue weighted by atomic mass is 16.5. The summed E-state index contributed by atoms with van der Waals surface area (Å²) in [6.45, 7) is 11.7. The number of azo groups is 1. The Bertz CT molecular complexity index is 826. The van der Waals surface area contributed by atoms with E-state index in [1.165, 1.54) is 74.5 Å². The maximum Gasteiger partial charge on any atom is 0.122 e. The highest BCUT2D eigenvalue weighted by molar-refractivity contribution is 5.49. The fourth-order valence-corrected chi connectivity index (χ4v) is 3.86. The van der Waals surface area contributed by atoms with Gasteiger partial charge in [-0.25, -0.2) is 0 Å². The van der Waals surface area contributed by atoms with Crippen molar-refractivity contribution in [2.75, 3.05) is 6.61 Å². The molecule has 0 aliphatic heterocycles. The maximum atomic E-state index is 6.14. The van der Waals surface area contributed by atoms with Crippen molar-refractivity contribution in [3.8, 4) is 5.75 Å². The molecule has 2 aromatic rings. The molecule has 0 fully saturated rings. The SMILES string of the molecule is CCCCCCCCCCCCOc1ccc(N=Nc2ccc(C)c(C)c2)cc1C(C)C. The van der Waals surface area contributed by atoms with Gasteiger partial charge in [-0.3, -0.25) is 0 Å². The number of ether oxygens (including phenoxy) is 1. The van der Waals surface area contributed by atoms with E-state index in [-0.39, 0.29) is 0 Å². The molecular formula is C29H44N2O. The van der Waals surface area contributed by atoms with E-state index < -0.39 is 0 Å². The van der Waals surface area contributed by atoms with Crippen LogP contribution in [0.3, 0.4) is 0 Å². The Kier molecular flexibility index (Phi) is 12.1. The summed E-state index contributed by atoms with van der Waals surface area (Å²) in [5, 5.41) is 8.89. The zero-order chi connectivity index (χ0) is 23.2. The Morgan fingerprint density at radius 3 is 1.84 bits per heavy atom. The van der Waals surface area contributed by atoms with E-state index in [0.717, 1.165) is 30.2 Å².